The molecule has 17 heavy (non-hydrogen) atoms. The van der Waals surface area contributed by atoms with E-state index in [4.69, 9.17) is 4.74 Å². The highest BCUT2D eigenvalue weighted by atomic mass is 32.2. The quantitative estimate of drug-likeness (QED) is 0.645. The fourth-order valence-electron chi connectivity index (χ4n) is 1.89. The van der Waals surface area contributed by atoms with Gasteiger partial charge in [0.05, 0.1) is 0 Å². The zero-order valence-electron chi connectivity index (χ0n) is 9.82. The first-order valence-corrected chi connectivity index (χ1v) is 7.02. The third-order valence-corrected chi connectivity index (χ3v) is 3.82. The van der Waals surface area contributed by atoms with Crippen LogP contribution >= 0.6 is 11.8 Å². The molecule has 1 aromatic rings. The molecule has 0 atom stereocenters. The highest BCUT2D eigenvalue weighted by Gasteiger charge is 2.12. The van der Waals surface area contributed by atoms with Gasteiger partial charge in [-0.05, 0) is 31.0 Å². The third-order valence-electron chi connectivity index (χ3n) is 2.82. The maximum absolute atomic E-state index is 12.9. The second kappa shape index (κ2) is 6.99. The predicted molar refractivity (Wildman–Crippen MR) is 69.0 cm³/mol. The van der Waals surface area contributed by atoms with E-state index in [1.807, 2.05) is 6.07 Å². The van der Waals surface area contributed by atoms with E-state index in [0.717, 1.165) is 43.2 Å². The largest absolute Gasteiger partial charge is 0.381 e. The van der Waals surface area contributed by atoms with E-state index < -0.39 is 0 Å². The molecule has 0 aromatic heterocycles. The van der Waals surface area contributed by atoms with Crippen LogP contribution in [0.25, 0.3) is 0 Å². The summed E-state index contributed by atoms with van der Waals surface area (Å²) >= 11 is 1.69. The lowest BCUT2D eigenvalue weighted by atomic mass is 10.1. The van der Waals surface area contributed by atoms with Gasteiger partial charge in [-0.3, -0.25) is 0 Å². The molecule has 1 fully saturated rings. The van der Waals surface area contributed by atoms with Crippen LogP contribution in [0.15, 0.2) is 29.2 Å². The first-order valence-electron chi connectivity index (χ1n) is 6.04. The van der Waals surface area contributed by atoms with E-state index in [1.165, 1.54) is 6.07 Å². The van der Waals surface area contributed by atoms with Crippen LogP contribution in [0.3, 0.4) is 0 Å². The van der Waals surface area contributed by atoms with E-state index in [9.17, 15) is 4.39 Å². The van der Waals surface area contributed by atoms with E-state index in [2.05, 4.69) is 5.32 Å². The number of hydrogen-bond acceptors (Lipinski definition) is 3. The second-order valence-electron chi connectivity index (χ2n) is 4.15. The van der Waals surface area contributed by atoms with Gasteiger partial charge in [-0.15, -0.1) is 11.8 Å². The van der Waals surface area contributed by atoms with E-state index in [-0.39, 0.29) is 5.82 Å². The smallest absolute Gasteiger partial charge is 0.124 e. The molecule has 1 heterocycles. The zero-order chi connectivity index (χ0) is 11.9. The number of nitrogens with one attached hydrogen (secondary N) is 1. The molecule has 0 unspecified atom stereocenters. The number of benzene rings is 1. The Labute approximate surface area is 106 Å². The molecular weight excluding hydrogens is 237 g/mol. The minimum absolute atomic E-state index is 0.160. The van der Waals surface area contributed by atoms with Gasteiger partial charge in [0.15, 0.2) is 0 Å². The summed E-state index contributed by atoms with van der Waals surface area (Å²) in [6.45, 7) is 2.70. The summed E-state index contributed by atoms with van der Waals surface area (Å²) in [7, 11) is 0. The lowest BCUT2D eigenvalue weighted by Gasteiger charge is -2.23. The molecule has 0 radical (unpaired) electrons. The van der Waals surface area contributed by atoms with Crippen molar-refractivity contribution in [3.63, 3.8) is 0 Å². The van der Waals surface area contributed by atoms with Crippen LogP contribution in [0.5, 0.6) is 0 Å². The first-order chi connectivity index (χ1) is 8.34. The van der Waals surface area contributed by atoms with Crippen molar-refractivity contribution in [1.82, 2.24) is 5.32 Å². The monoisotopic (exact) mass is 255 g/mol. The zero-order valence-corrected chi connectivity index (χ0v) is 10.6. The minimum atomic E-state index is -0.160. The van der Waals surface area contributed by atoms with E-state index in [0.29, 0.717) is 6.04 Å². The predicted octanol–water partition coefficient (Wildman–Crippen LogP) is 2.69. The van der Waals surface area contributed by atoms with E-state index in [1.54, 1.807) is 23.9 Å². The number of rotatable bonds is 5. The Balaban J connectivity index is 1.62. The first kappa shape index (κ1) is 12.9. The standard InChI is InChI=1S/C13H18FNOS/c14-11-2-1-3-13(10-11)17-9-6-15-12-4-7-16-8-5-12/h1-3,10,12,15H,4-9H2. The molecular formula is C13H18FNOS. The van der Waals surface area contributed by atoms with Crippen LogP contribution in [0.1, 0.15) is 12.8 Å². The number of thioether (sulfide) groups is 1. The topological polar surface area (TPSA) is 21.3 Å². The Morgan fingerprint density at radius 3 is 2.94 bits per heavy atom. The van der Waals surface area contributed by atoms with Gasteiger partial charge in [-0.2, -0.15) is 0 Å². The maximum Gasteiger partial charge on any atom is 0.124 e. The molecule has 1 saturated heterocycles. The van der Waals surface area contributed by atoms with Gasteiger partial charge in [-0.25, -0.2) is 4.39 Å². The van der Waals surface area contributed by atoms with Crippen molar-refractivity contribution in [2.24, 2.45) is 0 Å². The number of halogens is 1. The molecule has 1 aliphatic heterocycles. The Morgan fingerprint density at radius 1 is 1.35 bits per heavy atom. The normalized spacial score (nSPS) is 17.2. The van der Waals surface area contributed by atoms with E-state index >= 15 is 0 Å². The lowest BCUT2D eigenvalue weighted by molar-refractivity contribution is 0.0786. The van der Waals surface area contributed by atoms with Gasteiger partial charge < -0.3 is 10.1 Å². The highest BCUT2D eigenvalue weighted by molar-refractivity contribution is 7.99. The molecule has 0 amide bonds. The van der Waals surface area contributed by atoms with Crippen LogP contribution in [0.2, 0.25) is 0 Å². The van der Waals surface area contributed by atoms with Gasteiger partial charge >= 0.3 is 0 Å². The molecule has 1 N–H and O–H groups in total. The fraction of sp³-hybridized carbons (Fsp3) is 0.538. The average molecular weight is 255 g/mol. The van der Waals surface area contributed by atoms with Gasteiger partial charge in [0.1, 0.15) is 5.82 Å². The van der Waals surface area contributed by atoms with Crippen LogP contribution in [0, 0.1) is 5.82 Å². The van der Waals surface area contributed by atoms with Crippen molar-refractivity contribution in [2.45, 2.75) is 23.8 Å². The summed E-state index contributed by atoms with van der Waals surface area (Å²) in [5.41, 5.74) is 0. The van der Waals surface area contributed by atoms with Crippen LogP contribution < -0.4 is 5.32 Å². The molecule has 2 rings (SSSR count). The van der Waals surface area contributed by atoms with Crippen molar-refractivity contribution in [3.05, 3.63) is 30.1 Å². The fourth-order valence-corrected chi connectivity index (χ4v) is 2.72. The number of ether oxygens (including phenoxy) is 1. The van der Waals surface area contributed by atoms with Crippen molar-refractivity contribution >= 4 is 11.8 Å². The van der Waals surface area contributed by atoms with Gasteiger partial charge in [0.2, 0.25) is 0 Å². The van der Waals surface area contributed by atoms with Gasteiger partial charge in [-0.1, -0.05) is 6.07 Å². The molecule has 1 aromatic carbocycles. The molecule has 4 heteroatoms. The lowest BCUT2D eigenvalue weighted by Crippen LogP contribution is -2.35. The van der Waals surface area contributed by atoms with Crippen LogP contribution in [0.4, 0.5) is 4.39 Å². The van der Waals surface area contributed by atoms with Crippen molar-refractivity contribution in [3.8, 4) is 0 Å². The van der Waals surface area contributed by atoms with Crippen LogP contribution in [-0.2, 0) is 4.74 Å². The molecule has 0 aliphatic carbocycles. The molecule has 0 spiro atoms. The Kier molecular flexibility index (Phi) is 5.29. The molecule has 0 saturated carbocycles. The summed E-state index contributed by atoms with van der Waals surface area (Å²) < 4.78 is 18.2. The molecule has 2 nitrogen and oxygen atoms in total. The van der Waals surface area contributed by atoms with Crippen LogP contribution in [-0.4, -0.2) is 31.6 Å². The highest BCUT2D eigenvalue weighted by Crippen LogP contribution is 2.18. The van der Waals surface area contributed by atoms with Gasteiger partial charge in [0, 0.05) is 36.4 Å². The Bertz CT molecular complexity index is 342. The van der Waals surface area contributed by atoms with Crippen molar-refractivity contribution in [2.75, 3.05) is 25.5 Å². The molecule has 1 aliphatic rings. The Morgan fingerprint density at radius 2 is 2.18 bits per heavy atom. The average Bonchev–Trinajstić information content (AvgIpc) is 2.36. The number of hydrogen-bond donors (Lipinski definition) is 1. The van der Waals surface area contributed by atoms with Crippen molar-refractivity contribution < 1.29 is 9.13 Å². The summed E-state index contributed by atoms with van der Waals surface area (Å²) in [6.07, 6.45) is 2.20. The summed E-state index contributed by atoms with van der Waals surface area (Å²) in [6, 6.07) is 7.35. The summed E-state index contributed by atoms with van der Waals surface area (Å²) in [5.74, 6) is 0.813. The molecule has 0 bridgehead atoms. The summed E-state index contributed by atoms with van der Waals surface area (Å²) in [5, 5.41) is 3.51. The summed E-state index contributed by atoms with van der Waals surface area (Å²) in [4.78, 5) is 0.999. The maximum atomic E-state index is 12.9. The van der Waals surface area contributed by atoms with Crippen molar-refractivity contribution in [1.29, 1.82) is 0 Å². The van der Waals surface area contributed by atoms with Gasteiger partial charge in [0.25, 0.3) is 0 Å². The molecule has 94 valence electrons. The second-order valence-corrected chi connectivity index (χ2v) is 5.31. The SMILES string of the molecule is Fc1cccc(SCCNC2CCOCC2)c1. The minimum Gasteiger partial charge on any atom is -0.381 e. The Hall–Kier alpha value is -0.580. The third kappa shape index (κ3) is 4.66.